The number of benzene rings is 9. The molecule has 0 unspecified atom stereocenters. The molecule has 0 N–H and O–H groups in total. The third-order valence-corrected chi connectivity index (χ3v) is 12.7. The molecule has 11 rings (SSSR count). The van der Waals surface area contributed by atoms with Crippen LogP contribution in [0.2, 0.25) is 0 Å². The molecule has 0 saturated carbocycles. The summed E-state index contributed by atoms with van der Waals surface area (Å²) in [7, 11) is 0. The number of fused-ring (bicyclic) bond motifs is 6. The van der Waals surface area contributed by atoms with Crippen LogP contribution in [0, 0.1) is 0 Å². The fourth-order valence-corrected chi connectivity index (χ4v) is 10.3. The normalized spacial score (nSPS) is 14.3. The first-order valence-electron chi connectivity index (χ1n) is 20.3. The Labute approximate surface area is 340 Å². The summed E-state index contributed by atoms with van der Waals surface area (Å²) in [5, 5.41) is 2.44. The van der Waals surface area contributed by atoms with Gasteiger partial charge in [-0.2, -0.15) is 0 Å². The molecule has 1 heterocycles. The summed E-state index contributed by atoms with van der Waals surface area (Å²) >= 11 is 0. The van der Waals surface area contributed by atoms with E-state index in [1.807, 2.05) is 0 Å². The fourth-order valence-electron chi connectivity index (χ4n) is 10.3. The lowest BCUT2D eigenvalue weighted by Gasteiger charge is -2.48. The second kappa shape index (κ2) is 13.2. The summed E-state index contributed by atoms with van der Waals surface area (Å²) < 4.78 is 0. The maximum atomic E-state index is 2.48. The number of hydrogen-bond acceptors (Lipinski definition) is 2. The van der Waals surface area contributed by atoms with Gasteiger partial charge in [-0.05, 0) is 104 Å². The molecular weight excluding hydrogens is 701 g/mol. The van der Waals surface area contributed by atoms with E-state index in [-0.39, 0.29) is 5.41 Å². The zero-order valence-corrected chi connectivity index (χ0v) is 32.7. The number of para-hydroxylation sites is 3. The van der Waals surface area contributed by atoms with Crippen LogP contribution in [0.3, 0.4) is 0 Å². The molecule has 58 heavy (non-hydrogen) atoms. The molecule has 0 aromatic heterocycles. The lowest BCUT2D eigenvalue weighted by molar-refractivity contribution is 0.625. The summed E-state index contributed by atoms with van der Waals surface area (Å²) in [6.07, 6.45) is 0. The van der Waals surface area contributed by atoms with Gasteiger partial charge in [-0.25, -0.2) is 0 Å². The zero-order valence-electron chi connectivity index (χ0n) is 32.7. The highest BCUT2D eigenvalue weighted by Gasteiger charge is 2.50. The molecule has 276 valence electrons. The minimum absolute atomic E-state index is 0.199. The lowest BCUT2D eigenvalue weighted by Crippen LogP contribution is -2.39. The van der Waals surface area contributed by atoms with Crippen molar-refractivity contribution in [1.29, 1.82) is 0 Å². The van der Waals surface area contributed by atoms with Gasteiger partial charge in [0.1, 0.15) is 0 Å². The van der Waals surface area contributed by atoms with Crippen LogP contribution < -0.4 is 9.80 Å². The molecule has 0 bridgehead atoms. The first-order chi connectivity index (χ1) is 28.6. The first-order valence-corrected chi connectivity index (χ1v) is 20.3. The highest BCUT2D eigenvalue weighted by atomic mass is 15.2. The maximum absolute atomic E-state index is 2.48. The van der Waals surface area contributed by atoms with Crippen LogP contribution in [-0.4, -0.2) is 0 Å². The van der Waals surface area contributed by atoms with Gasteiger partial charge >= 0.3 is 0 Å². The second-order valence-electron chi connectivity index (χ2n) is 16.1. The zero-order chi connectivity index (χ0) is 38.8. The van der Waals surface area contributed by atoms with Gasteiger partial charge in [0, 0.05) is 27.9 Å². The largest absolute Gasteiger partial charge is 0.310 e. The van der Waals surface area contributed by atoms with Gasteiger partial charge in [0.2, 0.25) is 0 Å². The van der Waals surface area contributed by atoms with Crippen molar-refractivity contribution in [2.24, 2.45) is 0 Å². The van der Waals surface area contributed by atoms with Gasteiger partial charge in [-0.15, -0.1) is 0 Å². The van der Waals surface area contributed by atoms with E-state index in [4.69, 9.17) is 0 Å². The molecule has 0 saturated heterocycles. The second-order valence-corrected chi connectivity index (χ2v) is 16.1. The van der Waals surface area contributed by atoms with Crippen molar-refractivity contribution in [3.05, 3.63) is 252 Å². The SMILES string of the molecule is CC1(C)c2ccccc2-c2cccc(C3(c4ccccc4)c4ccccc4N(c4ccc(N(c5ccccc5)c5cccc6ccccc56)cc4)c4ccccc43)c21. The molecule has 2 nitrogen and oxygen atoms in total. The quantitative estimate of drug-likeness (QED) is 0.167. The van der Waals surface area contributed by atoms with Crippen molar-refractivity contribution < 1.29 is 0 Å². The summed E-state index contributed by atoms with van der Waals surface area (Å²) in [4.78, 5) is 4.85. The summed E-state index contributed by atoms with van der Waals surface area (Å²) in [5.74, 6) is 0. The molecule has 9 aromatic rings. The number of rotatable bonds is 6. The van der Waals surface area contributed by atoms with Crippen molar-refractivity contribution in [2.45, 2.75) is 24.7 Å². The monoisotopic (exact) mass is 742 g/mol. The maximum Gasteiger partial charge on any atom is 0.0745 e. The predicted octanol–water partition coefficient (Wildman–Crippen LogP) is 14.8. The van der Waals surface area contributed by atoms with E-state index in [1.165, 1.54) is 66.7 Å². The minimum Gasteiger partial charge on any atom is -0.310 e. The number of anilines is 6. The Balaban J connectivity index is 1.13. The summed E-state index contributed by atoms with van der Waals surface area (Å²) in [6, 6.07) is 80.4. The molecule has 2 aliphatic rings. The Hall–Kier alpha value is -7.16. The van der Waals surface area contributed by atoms with E-state index < -0.39 is 5.41 Å². The van der Waals surface area contributed by atoms with Crippen LogP contribution in [0.25, 0.3) is 21.9 Å². The Morgan fingerprint density at radius 3 is 1.64 bits per heavy atom. The van der Waals surface area contributed by atoms with E-state index in [0.29, 0.717) is 0 Å². The molecule has 9 aromatic carbocycles. The molecule has 2 heteroatoms. The third-order valence-electron chi connectivity index (χ3n) is 12.7. The van der Waals surface area contributed by atoms with Crippen molar-refractivity contribution in [3.8, 4) is 11.1 Å². The molecular formula is C56H42N2. The molecule has 0 radical (unpaired) electrons. The van der Waals surface area contributed by atoms with Crippen LogP contribution in [0.5, 0.6) is 0 Å². The Morgan fingerprint density at radius 2 is 0.914 bits per heavy atom. The van der Waals surface area contributed by atoms with Gasteiger partial charge in [0.15, 0.2) is 0 Å². The van der Waals surface area contributed by atoms with Gasteiger partial charge < -0.3 is 9.80 Å². The molecule has 0 amide bonds. The molecule has 0 fully saturated rings. The topological polar surface area (TPSA) is 6.48 Å². The lowest BCUT2D eigenvalue weighted by atomic mass is 9.59. The number of hydrogen-bond donors (Lipinski definition) is 0. The van der Waals surface area contributed by atoms with Crippen LogP contribution in [-0.2, 0) is 10.8 Å². The smallest absolute Gasteiger partial charge is 0.0745 e. The van der Waals surface area contributed by atoms with Gasteiger partial charge in [-0.3, -0.25) is 0 Å². The third kappa shape index (κ3) is 4.91. The van der Waals surface area contributed by atoms with Gasteiger partial charge in [0.05, 0.1) is 22.5 Å². The summed E-state index contributed by atoms with van der Waals surface area (Å²) in [5.41, 5.74) is 16.6. The molecule has 0 atom stereocenters. The van der Waals surface area contributed by atoms with Crippen LogP contribution in [0.15, 0.2) is 218 Å². The Morgan fingerprint density at radius 1 is 0.397 bits per heavy atom. The fraction of sp³-hybridized carbons (Fsp3) is 0.0714. The van der Waals surface area contributed by atoms with Crippen molar-refractivity contribution in [1.82, 2.24) is 0 Å². The molecule has 1 aliphatic carbocycles. The Kier molecular flexibility index (Phi) is 7.78. The van der Waals surface area contributed by atoms with Crippen LogP contribution in [0.4, 0.5) is 34.1 Å². The average Bonchev–Trinajstić information content (AvgIpc) is 3.53. The van der Waals surface area contributed by atoms with Gasteiger partial charge in [0.25, 0.3) is 0 Å². The highest BCUT2D eigenvalue weighted by Crippen LogP contribution is 2.61. The summed E-state index contributed by atoms with van der Waals surface area (Å²) in [6.45, 7) is 4.82. The van der Waals surface area contributed by atoms with Crippen molar-refractivity contribution in [3.63, 3.8) is 0 Å². The van der Waals surface area contributed by atoms with E-state index in [0.717, 1.165) is 22.7 Å². The molecule has 0 spiro atoms. The predicted molar refractivity (Wildman–Crippen MR) is 243 cm³/mol. The average molecular weight is 743 g/mol. The highest BCUT2D eigenvalue weighted by molar-refractivity contribution is 5.99. The standard InChI is InChI=1S/C56H42N2/c1-55(2)47-28-12-11-26-45(47)46-27-18-31-50(54(46)55)56(40-21-5-3-6-22-40)48-29-13-15-32-52(48)58(53-33-16-14-30-49(53)56)43-37-35-42(36-38-43)57(41-23-7-4-8-24-41)51-34-17-20-39-19-9-10-25-44(39)51/h3-38H,1-2H3. The van der Waals surface area contributed by atoms with E-state index in [1.54, 1.807) is 0 Å². The minimum atomic E-state index is -0.589. The van der Waals surface area contributed by atoms with E-state index in [9.17, 15) is 0 Å². The van der Waals surface area contributed by atoms with Gasteiger partial charge in [-0.1, -0.05) is 178 Å². The first kappa shape index (κ1) is 34.1. The van der Waals surface area contributed by atoms with Crippen molar-refractivity contribution in [2.75, 3.05) is 9.80 Å². The van der Waals surface area contributed by atoms with Crippen LogP contribution in [0.1, 0.15) is 47.2 Å². The van der Waals surface area contributed by atoms with E-state index in [2.05, 4.69) is 242 Å². The Bertz CT molecular complexity index is 2930. The van der Waals surface area contributed by atoms with Crippen LogP contribution >= 0.6 is 0 Å². The number of nitrogens with zero attached hydrogens (tertiary/aromatic N) is 2. The molecule has 1 aliphatic heterocycles. The van der Waals surface area contributed by atoms with Crippen molar-refractivity contribution >= 4 is 44.9 Å². The van der Waals surface area contributed by atoms with E-state index >= 15 is 0 Å².